The third kappa shape index (κ3) is 3.83. The Morgan fingerprint density at radius 1 is 1.13 bits per heavy atom. The normalized spacial score (nSPS) is 21.3. The average Bonchev–Trinajstić information content (AvgIpc) is 3.30. The second kappa shape index (κ2) is 8.39. The number of pyridine rings is 1. The minimum absolute atomic E-state index is 0.00923. The van der Waals surface area contributed by atoms with Crippen molar-refractivity contribution >= 4 is 35.5 Å². The van der Waals surface area contributed by atoms with Crippen molar-refractivity contribution in [2.24, 2.45) is 0 Å². The highest BCUT2D eigenvalue weighted by atomic mass is 32.2. The lowest BCUT2D eigenvalue weighted by molar-refractivity contribution is -0.117. The zero-order valence-electron chi connectivity index (χ0n) is 16.3. The Labute approximate surface area is 180 Å². The van der Waals surface area contributed by atoms with Crippen molar-refractivity contribution in [1.29, 1.82) is 0 Å². The van der Waals surface area contributed by atoms with Crippen LogP contribution in [0.3, 0.4) is 0 Å². The van der Waals surface area contributed by atoms with Crippen LogP contribution in [-0.2, 0) is 9.59 Å². The average molecular weight is 453 g/mol. The molecule has 2 amide bonds. The SMILES string of the molecule is COc1cc(F)c(C2CC(=O)N(c3nc(N4CCC(SO)C4=O)ccc3F)C2)c(F)c1. The molecule has 7 nitrogen and oxygen atoms in total. The summed E-state index contributed by atoms with van der Waals surface area (Å²) in [5, 5.41) is -0.630. The van der Waals surface area contributed by atoms with Gasteiger partial charge in [-0.1, -0.05) is 0 Å². The van der Waals surface area contributed by atoms with Gasteiger partial charge in [-0.3, -0.25) is 19.4 Å². The summed E-state index contributed by atoms with van der Waals surface area (Å²) in [6.45, 7) is 0.114. The van der Waals surface area contributed by atoms with Crippen molar-refractivity contribution < 1.29 is 32.0 Å². The molecule has 3 heterocycles. The molecule has 1 N–H and O–H groups in total. The van der Waals surface area contributed by atoms with Crippen molar-refractivity contribution in [3.05, 3.63) is 47.3 Å². The maximum atomic E-state index is 14.5. The molecule has 1 aromatic carbocycles. The van der Waals surface area contributed by atoms with E-state index in [2.05, 4.69) is 4.98 Å². The van der Waals surface area contributed by atoms with Crippen LogP contribution in [0.1, 0.15) is 24.3 Å². The fraction of sp³-hybridized carbons (Fsp3) is 0.350. The minimum Gasteiger partial charge on any atom is -0.497 e. The number of ether oxygens (including phenoxy) is 1. The first-order chi connectivity index (χ1) is 14.8. The molecule has 0 spiro atoms. The first-order valence-electron chi connectivity index (χ1n) is 9.45. The smallest absolute Gasteiger partial charge is 0.243 e. The maximum Gasteiger partial charge on any atom is 0.243 e. The van der Waals surface area contributed by atoms with E-state index in [4.69, 9.17) is 4.74 Å². The Bertz CT molecular complexity index is 1030. The van der Waals surface area contributed by atoms with Gasteiger partial charge in [0.1, 0.15) is 28.5 Å². The molecule has 0 saturated carbocycles. The topological polar surface area (TPSA) is 83.0 Å². The monoisotopic (exact) mass is 453 g/mol. The fourth-order valence-electron chi connectivity index (χ4n) is 3.91. The van der Waals surface area contributed by atoms with Crippen molar-refractivity contribution in [1.82, 2.24) is 4.98 Å². The molecule has 0 bridgehead atoms. The molecule has 11 heteroatoms. The second-order valence-electron chi connectivity index (χ2n) is 7.26. The first kappa shape index (κ1) is 21.4. The van der Waals surface area contributed by atoms with Crippen LogP contribution in [0, 0.1) is 17.5 Å². The number of methoxy groups -OCH3 is 1. The molecular formula is C20H18F3N3O4S. The summed E-state index contributed by atoms with van der Waals surface area (Å²) in [4.78, 5) is 31.4. The molecule has 2 saturated heterocycles. The van der Waals surface area contributed by atoms with E-state index in [0.29, 0.717) is 18.5 Å². The number of amides is 2. The molecule has 31 heavy (non-hydrogen) atoms. The van der Waals surface area contributed by atoms with Gasteiger partial charge in [-0.15, -0.1) is 0 Å². The molecule has 2 unspecified atom stereocenters. The zero-order valence-corrected chi connectivity index (χ0v) is 17.2. The van der Waals surface area contributed by atoms with Gasteiger partial charge in [0.15, 0.2) is 11.6 Å². The van der Waals surface area contributed by atoms with Crippen molar-refractivity contribution in [3.8, 4) is 5.75 Å². The highest BCUT2D eigenvalue weighted by Crippen LogP contribution is 2.37. The Hall–Kier alpha value is -2.79. The van der Waals surface area contributed by atoms with E-state index in [1.807, 2.05) is 0 Å². The Morgan fingerprint density at radius 2 is 1.84 bits per heavy atom. The number of rotatable bonds is 5. The van der Waals surface area contributed by atoms with Gasteiger partial charge in [0, 0.05) is 55.2 Å². The number of aromatic nitrogens is 1. The van der Waals surface area contributed by atoms with E-state index in [1.54, 1.807) is 0 Å². The molecule has 1 aromatic heterocycles. The van der Waals surface area contributed by atoms with Gasteiger partial charge in [-0.05, 0) is 18.6 Å². The lowest BCUT2D eigenvalue weighted by atomic mass is 9.97. The van der Waals surface area contributed by atoms with E-state index in [1.165, 1.54) is 18.1 Å². The third-order valence-corrected chi connectivity index (χ3v) is 6.14. The van der Waals surface area contributed by atoms with Crippen LogP contribution in [0.2, 0.25) is 0 Å². The number of hydrogen-bond acceptors (Lipinski definition) is 6. The van der Waals surface area contributed by atoms with E-state index in [0.717, 1.165) is 23.1 Å². The number of nitrogens with zero attached hydrogens (tertiary/aromatic N) is 3. The first-order valence-corrected chi connectivity index (χ1v) is 10.3. The van der Waals surface area contributed by atoms with Crippen LogP contribution < -0.4 is 14.5 Å². The van der Waals surface area contributed by atoms with Gasteiger partial charge in [0.2, 0.25) is 11.8 Å². The molecule has 2 fully saturated rings. The van der Waals surface area contributed by atoms with Crippen LogP contribution in [0.25, 0.3) is 0 Å². The van der Waals surface area contributed by atoms with Gasteiger partial charge in [-0.2, -0.15) is 0 Å². The Morgan fingerprint density at radius 3 is 2.45 bits per heavy atom. The van der Waals surface area contributed by atoms with E-state index >= 15 is 0 Å². The number of hydrogen-bond donors (Lipinski definition) is 1. The second-order valence-corrected chi connectivity index (χ2v) is 8.04. The summed E-state index contributed by atoms with van der Waals surface area (Å²) in [5.74, 6) is -4.42. The van der Waals surface area contributed by atoms with Gasteiger partial charge in [0.05, 0.1) is 7.11 Å². The summed E-state index contributed by atoms with van der Waals surface area (Å²) < 4.78 is 57.5. The maximum absolute atomic E-state index is 14.5. The summed E-state index contributed by atoms with van der Waals surface area (Å²) in [7, 11) is 1.28. The highest BCUT2D eigenvalue weighted by Gasteiger charge is 2.38. The number of carbonyl (C=O) groups excluding carboxylic acids is 2. The Kier molecular flexibility index (Phi) is 5.80. The molecule has 2 atom stereocenters. The van der Waals surface area contributed by atoms with Crippen LogP contribution in [0.5, 0.6) is 5.75 Å². The number of carbonyl (C=O) groups is 2. The molecule has 4 rings (SSSR count). The predicted molar refractivity (Wildman–Crippen MR) is 108 cm³/mol. The quantitative estimate of drug-likeness (QED) is 0.700. The number of benzene rings is 1. The molecule has 0 radical (unpaired) electrons. The fourth-order valence-corrected chi connectivity index (χ4v) is 4.34. The molecule has 2 aromatic rings. The summed E-state index contributed by atoms with van der Waals surface area (Å²) in [6.07, 6.45) is 0.173. The highest BCUT2D eigenvalue weighted by molar-refractivity contribution is 7.95. The van der Waals surface area contributed by atoms with Crippen molar-refractivity contribution in [2.45, 2.75) is 24.0 Å². The summed E-state index contributed by atoms with van der Waals surface area (Å²) in [6, 6.07) is 4.45. The molecule has 2 aliphatic rings. The van der Waals surface area contributed by atoms with Crippen LogP contribution in [0.4, 0.5) is 24.8 Å². The van der Waals surface area contributed by atoms with Gasteiger partial charge in [-0.25, -0.2) is 18.2 Å². The van der Waals surface area contributed by atoms with Crippen LogP contribution >= 0.6 is 12.0 Å². The largest absolute Gasteiger partial charge is 0.497 e. The van der Waals surface area contributed by atoms with Crippen LogP contribution in [-0.4, -0.2) is 46.8 Å². The summed E-state index contributed by atoms with van der Waals surface area (Å²) >= 11 is 0.438. The lowest BCUT2D eigenvalue weighted by Crippen LogP contribution is -2.31. The zero-order chi connectivity index (χ0) is 22.3. The predicted octanol–water partition coefficient (Wildman–Crippen LogP) is 3.34. The molecule has 164 valence electrons. The van der Waals surface area contributed by atoms with E-state index < -0.39 is 34.5 Å². The van der Waals surface area contributed by atoms with Gasteiger partial charge < -0.3 is 9.29 Å². The van der Waals surface area contributed by atoms with Crippen molar-refractivity contribution in [3.63, 3.8) is 0 Å². The molecule has 0 aliphatic carbocycles. The molecule has 2 aliphatic heterocycles. The van der Waals surface area contributed by atoms with Crippen LogP contribution in [0.15, 0.2) is 24.3 Å². The number of anilines is 2. The van der Waals surface area contributed by atoms with E-state index in [-0.39, 0.29) is 48.4 Å². The van der Waals surface area contributed by atoms with E-state index in [9.17, 15) is 27.3 Å². The molecular weight excluding hydrogens is 435 g/mol. The Balaban J connectivity index is 1.63. The van der Waals surface area contributed by atoms with Gasteiger partial charge >= 0.3 is 0 Å². The number of halogens is 3. The van der Waals surface area contributed by atoms with Gasteiger partial charge in [0.25, 0.3) is 0 Å². The standard InChI is InChI=1S/C20H18F3N3O4S/c1-30-11-7-13(22)18(14(23)8-11)10-6-17(27)26(9-10)19-12(21)2-3-16(24-19)25-5-4-15(31-29)20(25)28/h2-3,7-8,10,15,29H,4-6,9H2,1H3. The minimum atomic E-state index is -0.853. The lowest BCUT2D eigenvalue weighted by Gasteiger charge is -2.21. The third-order valence-electron chi connectivity index (χ3n) is 5.45. The van der Waals surface area contributed by atoms with Crippen molar-refractivity contribution in [2.75, 3.05) is 30.0 Å². The summed E-state index contributed by atoms with van der Waals surface area (Å²) in [5.41, 5.74) is -0.272.